The van der Waals surface area contributed by atoms with Crippen LogP contribution in [-0.4, -0.2) is 64.6 Å². The van der Waals surface area contributed by atoms with Crippen LogP contribution in [0.5, 0.6) is 0 Å². The minimum Gasteiger partial charge on any atom is -0.363 e. The van der Waals surface area contributed by atoms with Crippen LogP contribution >= 0.6 is 0 Å². The fourth-order valence-electron chi connectivity index (χ4n) is 5.14. The summed E-state index contributed by atoms with van der Waals surface area (Å²) in [6, 6.07) is -7.28. The van der Waals surface area contributed by atoms with E-state index in [1.807, 2.05) is 20.8 Å². The lowest BCUT2D eigenvalue weighted by Gasteiger charge is -2.36. The third kappa shape index (κ3) is 6.86. The molecule has 5 amide bonds. The summed E-state index contributed by atoms with van der Waals surface area (Å²) in [4.78, 5) is 67.6. The van der Waals surface area contributed by atoms with Gasteiger partial charge in [-0.05, 0) is 62.1 Å². The van der Waals surface area contributed by atoms with E-state index in [0.717, 1.165) is 4.90 Å². The van der Waals surface area contributed by atoms with Crippen LogP contribution in [0.2, 0.25) is 0 Å². The summed E-state index contributed by atoms with van der Waals surface area (Å²) in [5.41, 5.74) is 3.38. The number of likely N-dealkylation sites (tertiary alicyclic amines) is 1. The highest BCUT2D eigenvalue weighted by atomic mass is 16.2. The first-order chi connectivity index (χ1) is 21.1. The number of nitrogens with zero attached hydrogens (tertiary/aromatic N) is 1. The fraction of sp³-hybridized carbons (Fsp3) is 0.821. The Labute approximate surface area is 240 Å². The van der Waals surface area contributed by atoms with Gasteiger partial charge in [-0.15, -0.1) is 0 Å². The minimum atomic E-state index is -4.13. The summed E-state index contributed by atoms with van der Waals surface area (Å²) in [5, 5.41) is 7.17. The van der Waals surface area contributed by atoms with E-state index >= 15 is 0 Å². The Bertz CT molecular complexity index is 1390. The van der Waals surface area contributed by atoms with Crippen LogP contribution in [0.3, 0.4) is 0 Å². The van der Waals surface area contributed by atoms with Gasteiger partial charge in [0.15, 0.2) is 0 Å². The second kappa shape index (κ2) is 10.5. The number of nitrogens with one attached hydrogen (secondary N) is 3. The van der Waals surface area contributed by atoms with Crippen LogP contribution in [0, 0.1) is 28.6 Å². The second-order valence-corrected chi connectivity index (χ2v) is 13.0. The molecule has 0 aromatic carbocycles. The van der Waals surface area contributed by atoms with Gasteiger partial charge in [0, 0.05) is 24.4 Å². The van der Waals surface area contributed by atoms with Gasteiger partial charge in [-0.2, -0.15) is 0 Å². The van der Waals surface area contributed by atoms with Crippen LogP contribution in [0.15, 0.2) is 0 Å². The number of urea groups is 1. The molecule has 214 valence electrons. The summed E-state index contributed by atoms with van der Waals surface area (Å²) in [6.07, 6.45) is -14.9. The second-order valence-electron chi connectivity index (χ2n) is 13.0. The number of carbonyl (C=O) groups is 5. The third-order valence-electron chi connectivity index (χ3n) is 6.99. The highest BCUT2D eigenvalue weighted by molar-refractivity contribution is 6.37. The number of piperidine rings is 1. The van der Waals surface area contributed by atoms with Crippen molar-refractivity contribution in [2.24, 2.45) is 34.3 Å². The molecule has 0 radical (unpaired) electrons. The number of fused-ring (bicyclic) bond motifs is 1. The molecule has 10 heteroatoms. The first kappa shape index (κ1) is 18.6. The van der Waals surface area contributed by atoms with Crippen molar-refractivity contribution < 1.29 is 37.7 Å². The van der Waals surface area contributed by atoms with Crippen molar-refractivity contribution in [1.29, 1.82) is 0 Å². The zero-order valence-electron chi connectivity index (χ0n) is 33.3. The number of hydrogen-bond acceptors (Lipinski definition) is 5. The van der Waals surface area contributed by atoms with Gasteiger partial charge in [-0.1, -0.05) is 53.7 Å². The normalized spacial score (nSPS) is 35.8. The summed E-state index contributed by atoms with van der Waals surface area (Å²) in [5.74, 6) is -10.9. The molecule has 5 N–H and O–H groups in total. The Balaban J connectivity index is 2.09. The Hall–Kier alpha value is -2.65. The summed E-state index contributed by atoms with van der Waals surface area (Å²) >= 11 is 0. The van der Waals surface area contributed by atoms with Crippen molar-refractivity contribution in [2.45, 2.75) is 111 Å². The minimum absolute atomic E-state index is 0.00680. The summed E-state index contributed by atoms with van der Waals surface area (Å²) < 4.78 is 83.0. The van der Waals surface area contributed by atoms with E-state index in [2.05, 4.69) is 10.6 Å². The summed E-state index contributed by atoms with van der Waals surface area (Å²) in [6.45, 7) is 14.3. The zero-order valence-corrected chi connectivity index (χ0v) is 23.3. The average Bonchev–Trinajstić information content (AvgIpc) is 3.20. The molecule has 0 spiro atoms. The Morgan fingerprint density at radius 1 is 1.13 bits per heavy atom. The molecule has 3 fully saturated rings. The van der Waals surface area contributed by atoms with E-state index in [0.29, 0.717) is 0 Å². The maximum absolute atomic E-state index is 14.2. The van der Waals surface area contributed by atoms with Crippen LogP contribution < -0.4 is 21.7 Å². The van der Waals surface area contributed by atoms with E-state index in [-0.39, 0.29) is 18.9 Å². The molecular formula is C28H47N5O5. The lowest BCUT2D eigenvalue weighted by atomic mass is 9.80. The van der Waals surface area contributed by atoms with Crippen molar-refractivity contribution in [1.82, 2.24) is 20.9 Å². The number of amides is 5. The zero-order chi connectivity index (χ0) is 37.8. The molecule has 2 aliphatic carbocycles. The smallest absolute Gasteiger partial charge is 0.315 e. The van der Waals surface area contributed by atoms with E-state index in [1.54, 1.807) is 39.9 Å². The molecule has 0 aromatic heterocycles. The first-order valence-corrected chi connectivity index (χ1v) is 12.6. The van der Waals surface area contributed by atoms with Gasteiger partial charge < -0.3 is 26.6 Å². The number of carbonyl (C=O) groups excluding carboxylic acids is 5. The van der Waals surface area contributed by atoms with E-state index in [9.17, 15) is 24.0 Å². The SMILES string of the molecule is [2H]C(NC(=O)[C@@H]1[C@@H]2[C@H](CN1C(=O)[C@H](CC(C)(C)C)NC(=O)NC(C)(C)C)C2(C)C)(C(=O)C(N)=O)C([2H])([2H])C1([2H])C([2H])([2H])C([2H])([2H])C1([2H])[2H]. The highest BCUT2D eigenvalue weighted by Gasteiger charge is 2.69. The molecule has 1 unspecified atom stereocenters. The van der Waals surface area contributed by atoms with Crippen LogP contribution in [-0.2, 0) is 19.2 Å². The summed E-state index contributed by atoms with van der Waals surface area (Å²) in [7, 11) is 0. The first-order valence-electron chi connectivity index (χ1n) is 17.6. The largest absolute Gasteiger partial charge is 0.363 e. The van der Waals surface area contributed by atoms with Gasteiger partial charge in [0.25, 0.3) is 5.91 Å². The van der Waals surface area contributed by atoms with Crippen LogP contribution in [0.25, 0.3) is 0 Å². The molecule has 2 saturated carbocycles. The Morgan fingerprint density at radius 3 is 2.26 bits per heavy atom. The number of ketones is 1. The fourth-order valence-corrected chi connectivity index (χ4v) is 5.14. The van der Waals surface area contributed by atoms with Gasteiger partial charge in [0.1, 0.15) is 12.1 Å². The number of hydrogen-bond donors (Lipinski definition) is 4. The molecule has 5 atom stereocenters. The molecule has 1 aliphatic heterocycles. The van der Waals surface area contributed by atoms with Gasteiger partial charge >= 0.3 is 6.03 Å². The van der Waals surface area contributed by atoms with Gasteiger partial charge in [-0.25, -0.2) is 4.79 Å². The van der Waals surface area contributed by atoms with Crippen LogP contribution in [0.4, 0.5) is 4.79 Å². The van der Waals surface area contributed by atoms with Crippen LogP contribution in [0.1, 0.15) is 101 Å². The monoisotopic (exact) mass is 543 g/mol. The van der Waals surface area contributed by atoms with Crippen molar-refractivity contribution in [3.8, 4) is 0 Å². The number of primary amides is 1. The van der Waals surface area contributed by atoms with E-state index < -0.39 is 101 Å². The van der Waals surface area contributed by atoms with Crippen molar-refractivity contribution in [2.75, 3.05) is 6.54 Å². The predicted octanol–water partition coefficient (Wildman–Crippen LogP) is 2.10. The van der Waals surface area contributed by atoms with Gasteiger partial charge in [0.05, 0.1) is 7.39 Å². The molecule has 1 saturated heterocycles. The van der Waals surface area contributed by atoms with Crippen molar-refractivity contribution in [3.63, 3.8) is 0 Å². The molecular weight excluding hydrogens is 486 g/mol. The molecule has 1 heterocycles. The molecule has 10 nitrogen and oxygen atoms in total. The average molecular weight is 544 g/mol. The Morgan fingerprint density at radius 2 is 1.74 bits per heavy atom. The molecule has 38 heavy (non-hydrogen) atoms. The standard InChI is InChI=1S/C28H47N5O5/c1-26(2,3)13-18(31-25(38)32-27(4,5)6)24(37)33-14-16-19(28(16,7)8)20(33)23(36)30-17(21(34)22(29)35)12-15-10-9-11-15/h15-20H,9-14H2,1-8H3,(H2,29,35)(H,30,36)(H2,31,32,38)/t16-,17?,18-,19-,20-/m0/s1/i9D2,10D2,11D2,12D2,15D,17D. The lowest BCUT2D eigenvalue weighted by Crippen LogP contribution is -2.60. The quantitative estimate of drug-likeness (QED) is 0.328. The van der Waals surface area contributed by atoms with Crippen molar-refractivity contribution >= 4 is 29.5 Å². The third-order valence-corrected chi connectivity index (χ3v) is 6.99. The number of Topliss-reactive ketones (excluding diaryl/α,β-unsaturated/α-hetero) is 1. The molecule has 0 aromatic rings. The number of rotatable bonds is 9. The maximum atomic E-state index is 14.2. The van der Waals surface area contributed by atoms with Gasteiger partial charge in [0.2, 0.25) is 17.6 Å². The lowest BCUT2D eigenvalue weighted by molar-refractivity contribution is -0.144. The molecule has 0 bridgehead atoms. The van der Waals surface area contributed by atoms with Crippen molar-refractivity contribution in [3.05, 3.63) is 0 Å². The van der Waals surface area contributed by atoms with Gasteiger partial charge in [-0.3, -0.25) is 19.2 Å². The topological polar surface area (TPSA) is 151 Å². The number of nitrogens with two attached hydrogens (primary N) is 1. The highest BCUT2D eigenvalue weighted by Crippen LogP contribution is 2.65. The van der Waals surface area contributed by atoms with E-state index in [4.69, 9.17) is 19.4 Å². The maximum Gasteiger partial charge on any atom is 0.315 e. The van der Waals surface area contributed by atoms with E-state index in [1.165, 1.54) is 0 Å². The molecule has 3 rings (SSSR count). The predicted molar refractivity (Wildman–Crippen MR) is 144 cm³/mol. The molecule has 3 aliphatic rings. The Kier molecular flexibility index (Phi) is 5.14.